The highest BCUT2D eigenvalue weighted by Gasteiger charge is 2.31. The summed E-state index contributed by atoms with van der Waals surface area (Å²) in [4.78, 5) is 17.3. The van der Waals surface area contributed by atoms with Crippen molar-refractivity contribution in [2.75, 3.05) is 37.6 Å². The Labute approximate surface area is 178 Å². The average Bonchev–Trinajstić information content (AvgIpc) is 3.23. The first-order valence-corrected chi connectivity index (χ1v) is 10.6. The van der Waals surface area contributed by atoms with Gasteiger partial charge in [0.25, 0.3) is 5.56 Å². The summed E-state index contributed by atoms with van der Waals surface area (Å²) in [6.45, 7) is 5.06. The number of alkyl halides is 3. The molecule has 2 aromatic rings. The summed E-state index contributed by atoms with van der Waals surface area (Å²) < 4.78 is 39.9. The second kappa shape index (κ2) is 8.59. The largest absolute Gasteiger partial charge is 0.416 e. The Hall–Kier alpha value is -2.06. The molecule has 2 aliphatic rings. The molecule has 1 aromatic carbocycles. The smallest absolute Gasteiger partial charge is 0.369 e. The summed E-state index contributed by atoms with van der Waals surface area (Å²) >= 11 is 6.34. The molecule has 30 heavy (non-hydrogen) atoms. The molecule has 9 heteroatoms. The van der Waals surface area contributed by atoms with E-state index in [1.54, 1.807) is 0 Å². The van der Waals surface area contributed by atoms with Crippen molar-refractivity contribution in [2.24, 2.45) is 5.92 Å². The number of likely N-dealkylation sites (tertiary alicyclic amines) is 1. The van der Waals surface area contributed by atoms with Crippen LogP contribution in [-0.2, 0) is 6.18 Å². The van der Waals surface area contributed by atoms with E-state index in [1.807, 2.05) is 4.90 Å². The molecule has 4 rings (SSSR count). The minimum Gasteiger partial charge on any atom is -0.369 e. The van der Waals surface area contributed by atoms with E-state index in [1.165, 1.54) is 44.3 Å². The van der Waals surface area contributed by atoms with Gasteiger partial charge in [0, 0.05) is 19.6 Å². The minimum atomic E-state index is -4.50. The van der Waals surface area contributed by atoms with Crippen molar-refractivity contribution in [1.82, 2.24) is 14.7 Å². The molecular formula is C21H24ClF3N4O. The Morgan fingerprint density at radius 2 is 1.80 bits per heavy atom. The Balaban J connectivity index is 1.49. The van der Waals surface area contributed by atoms with E-state index < -0.39 is 17.3 Å². The van der Waals surface area contributed by atoms with Crippen LogP contribution >= 0.6 is 11.6 Å². The molecule has 0 atom stereocenters. The molecule has 2 fully saturated rings. The van der Waals surface area contributed by atoms with Gasteiger partial charge < -0.3 is 9.80 Å². The molecule has 0 radical (unpaired) electrons. The van der Waals surface area contributed by atoms with Crippen molar-refractivity contribution < 1.29 is 13.2 Å². The van der Waals surface area contributed by atoms with Crippen molar-refractivity contribution in [1.29, 1.82) is 0 Å². The number of halogens is 4. The van der Waals surface area contributed by atoms with Crippen LogP contribution in [0.4, 0.5) is 18.9 Å². The molecule has 162 valence electrons. The van der Waals surface area contributed by atoms with Crippen LogP contribution in [-0.4, -0.2) is 47.4 Å². The van der Waals surface area contributed by atoms with Gasteiger partial charge in [-0.2, -0.15) is 23.0 Å². The molecule has 0 unspecified atom stereocenters. The molecule has 2 saturated heterocycles. The molecule has 0 N–H and O–H groups in total. The zero-order valence-corrected chi connectivity index (χ0v) is 17.3. The molecule has 2 aliphatic heterocycles. The van der Waals surface area contributed by atoms with Gasteiger partial charge in [-0.25, -0.2) is 0 Å². The lowest BCUT2D eigenvalue weighted by atomic mass is 9.96. The fourth-order valence-corrected chi connectivity index (χ4v) is 4.58. The maximum atomic E-state index is 13.0. The fourth-order valence-electron chi connectivity index (χ4n) is 4.33. The molecule has 0 saturated carbocycles. The van der Waals surface area contributed by atoms with Gasteiger partial charge in [-0.1, -0.05) is 17.7 Å². The Kier molecular flexibility index (Phi) is 6.06. The van der Waals surface area contributed by atoms with Gasteiger partial charge in [-0.05, 0) is 62.9 Å². The van der Waals surface area contributed by atoms with E-state index in [9.17, 15) is 18.0 Å². The van der Waals surface area contributed by atoms with Crippen molar-refractivity contribution in [2.45, 2.75) is 31.9 Å². The standard InChI is InChI=1S/C21H24ClF3N4O/c22-19-18(28-10-6-15(7-11-28)14-27-8-1-2-9-27)13-26-29(20(19)30)17-5-3-4-16(12-17)21(23,24)25/h3-5,12-13,15H,1-2,6-11,14H2. The van der Waals surface area contributed by atoms with E-state index in [-0.39, 0.29) is 10.7 Å². The van der Waals surface area contributed by atoms with E-state index in [0.29, 0.717) is 11.6 Å². The van der Waals surface area contributed by atoms with Crippen LogP contribution < -0.4 is 10.5 Å². The van der Waals surface area contributed by atoms with Gasteiger partial charge in [0.05, 0.1) is 23.1 Å². The summed E-state index contributed by atoms with van der Waals surface area (Å²) in [7, 11) is 0. The Morgan fingerprint density at radius 3 is 2.47 bits per heavy atom. The van der Waals surface area contributed by atoms with Crippen LogP contribution in [0.3, 0.4) is 0 Å². The zero-order chi connectivity index (χ0) is 21.3. The third kappa shape index (κ3) is 4.49. The van der Waals surface area contributed by atoms with Crippen LogP contribution in [0.15, 0.2) is 35.3 Å². The third-order valence-corrected chi connectivity index (χ3v) is 6.34. The highest BCUT2D eigenvalue weighted by molar-refractivity contribution is 6.33. The number of benzene rings is 1. The quantitative estimate of drug-likeness (QED) is 0.714. The number of hydrogen-bond donors (Lipinski definition) is 0. The summed E-state index contributed by atoms with van der Waals surface area (Å²) in [6.07, 6.45) is 1.57. The second-order valence-electron chi connectivity index (χ2n) is 8.05. The van der Waals surface area contributed by atoms with Crippen LogP contribution in [0, 0.1) is 5.92 Å². The van der Waals surface area contributed by atoms with Gasteiger partial charge in [0.15, 0.2) is 0 Å². The van der Waals surface area contributed by atoms with Crippen molar-refractivity contribution in [3.05, 3.63) is 51.4 Å². The number of anilines is 1. The summed E-state index contributed by atoms with van der Waals surface area (Å²) in [6, 6.07) is 4.51. The Bertz CT molecular complexity index is 948. The lowest BCUT2D eigenvalue weighted by Crippen LogP contribution is -2.39. The summed E-state index contributed by atoms with van der Waals surface area (Å²) in [5, 5.41) is 4.10. The van der Waals surface area contributed by atoms with Gasteiger partial charge in [-0.3, -0.25) is 4.79 Å². The SMILES string of the molecule is O=c1c(Cl)c(N2CCC(CN3CCCC3)CC2)cnn1-c1cccc(C(F)(F)F)c1. The molecule has 0 amide bonds. The number of hydrogen-bond acceptors (Lipinski definition) is 4. The first kappa shape index (κ1) is 21.2. The van der Waals surface area contributed by atoms with Crippen LogP contribution in [0.2, 0.25) is 5.02 Å². The van der Waals surface area contributed by atoms with Crippen molar-refractivity contribution in [3.63, 3.8) is 0 Å². The maximum absolute atomic E-state index is 13.0. The summed E-state index contributed by atoms with van der Waals surface area (Å²) in [5.74, 6) is 0.636. The van der Waals surface area contributed by atoms with E-state index in [2.05, 4.69) is 10.00 Å². The molecule has 3 heterocycles. The number of nitrogens with zero attached hydrogens (tertiary/aromatic N) is 4. The minimum absolute atomic E-state index is 0.0135. The highest BCUT2D eigenvalue weighted by Crippen LogP contribution is 2.31. The molecule has 1 aromatic heterocycles. The first-order valence-electron chi connectivity index (χ1n) is 10.3. The van der Waals surface area contributed by atoms with Crippen molar-refractivity contribution in [3.8, 4) is 5.69 Å². The lowest BCUT2D eigenvalue weighted by Gasteiger charge is -2.35. The van der Waals surface area contributed by atoms with Crippen LogP contribution in [0.5, 0.6) is 0 Å². The predicted molar refractivity (Wildman–Crippen MR) is 110 cm³/mol. The van der Waals surface area contributed by atoms with Gasteiger partial charge in [0.2, 0.25) is 0 Å². The van der Waals surface area contributed by atoms with Gasteiger partial charge in [-0.15, -0.1) is 0 Å². The van der Waals surface area contributed by atoms with Crippen molar-refractivity contribution >= 4 is 17.3 Å². The average molecular weight is 441 g/mol. The number of rotatable bonds is 4. The van der Waals surface area contributed by atoms with E-state index in [4.69, 9.17) is 11.6 Å². The van der Waals surface area contributed by atoms with Crippen LogP contribution in [0.25, 0.3) is 5.69 Å². The Morgan fingerprint density at radius 1 is 1.10 bits per heavy atom. The molecule has 0 spiro atoms. The fraction of sp³-hybridized carbons (Fsp3) is 0.524. The predicted octanol–water partition coefficient (Wildman–Crippen LogP) is 4.22. The van der Waals surface area contributed by atoms with E-state index >= 15 is 0 Å². The lowest BCUT2D eigenvalue weighted by molar-refractivity contribution is -0.137. The molecule has 5 nitrogen and oxygen atoms in total. The topological polar surface area (TPSA) is 41.4 Å². The monoisotopic (exact) mass is 440 g/mol. The molecular weight excluding hydrogens is 417 g/mol. The van der Waals surface area contributed by atoms with Crippen LogP contribution in [0.1, 0.15) is 31.2 Å². The first-order chi connectivity index (χ1) is 14.3. The summed E-state index contributed by atoms with van der Waals surface area (Å²) in [5.41, 5.74) is -0.876. The number of piperidine rings is 1. The maximum Gasteiger partial charge on any atom is 0.416 e. The highest BCUT2D eigenvalue weighted by atomic mass is 35.5. The molecule has 0 aliphatic carbocycles. The zero-order valence-electron chi connectivity index (χ0n) is 16.5. The van der Waals surface area contributed by atoms with Gasteiger partial charge in [0.1, 0.15) is 5.02 Å². The van der Waals surface area contributed by atoms with Gasteiger partial charge >= 0.3 is 6.18 Å². The second-order valence-corrected chi connectivity index (χ2v) is 8.42. The third-order valence-electron chi connectivity index (χ3n) is 5.99. The van der Waals surface area contributed by atoms with E-state index in [0.717, 1.165) is 49.3 Å². The number of aromatic nitrogens is 2. The normalized spacial score (nSPS) is 18.9. The molecule has 0 bridgehead atoms.